The van der Waals surface area contributed by atoms with Crippen molar-refractivity contribution in [2.75, 3.05) is 20.3 Å². The van der Waals surface area contributed by atoms with Gasteiger partial charge in [0.25, 0.3) is 0 Å². The molecule has 2 rings (SSSR count). The standard InChI is InChI=1S/C11H20N2O2/c1-15-7-11(14)12-6-8-4-9-2-3-10(5-8)13-9/h8-10,13H,2-7H2,1H3,(H,12,14). The Balaban J connectivity index is 1.69. The number of methoxy groups -OCH3 is 1. The Morgan fingerprint density at radius 1 is 1.40 bits per heavy atom. The molecule has 4 heteroatoms. The van der Waals surface area contributed by atoms with Crippen molar-refractivity contribution in [3.63, 3.8) is 0 Å². The first-order chi connectivity index (χ1) is 7.28. The van der Waals surface area contributed by atoms with E-state index in [-0.39, 0.29) is 12.5 Å². The Morgan fingerprint density at radius 2 is 2.07 bits per heavy atom. The number of carbonyl (C=O) groups is 1. The summed E-state index contributed by atoms with van der Waals surface area (Å²) in [7, 11) is 1.55. The van der Waals surface area contributed by atoms with Gasteiger partial charge in [-0.05, 0) is 31.6 Å². The number of nitrogens with one attached hydrogen (secondary N) is 2. The quantitative estimate of drug-likeness (QED) is 0.704. The van der Waals surface area contributed by atoms with Gasteiger partial charge >= 0.3 is 0 Å². The van der Waals surface area contributed by atoms with Crippen LogP contribution in [0, 0.1) is 5.92 Å². The highest BCUT2D eigenvalue weighted by molar-refractivity contribution is 5.77. The Labute approximate surface area is 90.8 Å². The van der Waals surface area contributed by atoms with Crippen LogP contribution in [-0.2, 0) is 9.53 Å². The molecule has 0 spiro atoms. The van der Waals surface area contributed by atoms with Gasteiger partial charge in [-0.25, -0.2) is 0 Å². The Morgan fingerprint density at radius 3 is 2.67 bits per heavy atom. The van der Waals surface area contributed by atoms with Crippen molar-refractivity contribution in [3.05, 3.63) is 0 Å². The van der Waals surface area contributed by atoms with E-state index in [1.807, 2.05) is 0 Å². The third kappa shape index (κ3) is 2.92. The average Bonchev–Trinajstić information content (AvgIpc) is 2.56. The van der Waals surface area contributed by atoms with Gasteiger partial charge in [0.15, 0.2) is 0 Å². The monoisotopic (exact) mass is 212 g/mol. The lowest BCUT2D eigenvalue weighted by atomic mass is 9.92. The molecule has 2 atom stereocenters. The summed E-state index contributed by atoms with van der Waals surface area (Å²) in [6.45, 7) is 0.995. The van der Waals surface area contributed by atoms with Gasteiger partial charge < -0.3 is 15.4 Å². The highest BCUT2D eigenvalue weighted by Gasteiger charge is 2.33. The summed E-state index contributed by atoms with van der Waals surface area (Å²) < 4.78 is 4.77. The first kappa shape index (κ1) is 10.9. The van der Waals surface area contributed by atoms with Crippen LogP contribution in [-0.4, -0.2) is 38.3 Å². The fourth-order valence-electron chi connectivity index (χ4n) is 2.78. The number of amides is 1. The Kier molecular flexibility index (Phi) is 3.59. The van der Waals surface area contributed by atoms with Crippen LogP contribution in [0.15, 0.2) is 0 Å². The summed E-state index contributed by atoms with van der Waals surface area (Å²) in [6.07, 6.45) is 5.05. The number of hydrogen-bond acceptors (Lipinski definition) is 3. The van der Waals surface area contributed by atoms with Gasteiger partial charge in [-0.3, -0.25) is 4.79 Å². The summed E-state index contributed by atoms with van der Waals surface area (Å²) in [4.78, 5) is 11.2. The van der Waals surface area contributed by atoms with Crippen LogP contribution in [0.5, 0.6) is 0 Å². The van der Waals surface area contributed by atoms with Crippen molar-refractivity contribution < 1.29 is 9.53 Å². The molecule has 86 valence electrons. The Bertz CT molecular complexity index is 221. The molecule has 2 unspecified atom stereocenters. The summed E-state index contributed by atoms with van der Waals surface area (Å²) in [6, 6.07) is 1.40. The highest BCUT2D eigenvalue weighted by atomic mass is 16.5. The number of rotatable bonds is 4. The minimum Gasteiger partial charge on any atom is -0.375 e. The van der Waals surface area contributed by atoms with Crippen LogP contribution in [0.3, 0.4) is 0 Å². The Hall–Kier alpha value is -0.610. The molecule has 0 radical (unpaired) electrons. The zero-order chi connectivity index (χ0) is 10.7. The van der Waals surface area contributed by atoms with E-state index in [1.165, 1.54) is 25.7 Å². The third-order valence-electron chi connectivity index (χ3n) is 3.43. The average molecular weight is 212 g/mol. The van der Waals surface area contributed by atoms with E-state index >= 15 is 0 Å². The van der Waals surface area contributed by atoms with Crippen molar-refractivity contribution in [2.45, 2.75) is 37.8 Å². The van der Waals surface area contributed by atoms with Gasteiger partial charge in [0, 0.05) is 25.7 Å². The van der Waals surface area contributed by atoms with Crippen LogP contribution in [0.2, 0.25) is 0 Å². The summed E-state index contributed by atoms with van der Waals surface area (Å²) in [5, 5.41) is 6.53. The second kappa shape index (κ2) is 4.94. The van der Waals surface area contributed by atoms with Crippen LogP contribution in [0.4, 0.5) is 0 Å². The number of hydrogen-bond donors (Lipinski definition) is 2. The molecular weight excluding hydrogens is 192 g/mol. The summed E-state index contributed by atoms with van der Waals surface area (Å²) in [5.41, 5.74) is 0. The van der Waals surface area contributed by atoms with E-state index in [2.05, 4.69) is 10.6 Å². The zero-order valence-electron chi connectivity index (χ0n) is 9.29. The van der Waals surface area contributed by atoms with Crippen LogP contribution in [0.25, 0.3) is 0 Å². The molecule has 15 heavy (non-hydrogen) atoms. The number of carbonyl (C=O) groups excluding carboxylic acids is 1. The van der Waals surface area contributed by atoms with Crippen LogP contribution >= 0.6 is 0 Å². The number of piperidine rings is 1. The third-order valence-corrected chi connectivity index (χ3v) is 3.43. The predicted octanol–water partition coefficient (Wildman–Crippen LogP) is 0.280. The lowest BCUT2D eigenvalue weighted by Crippen LogP contribution is -2.42. The molecule has 2 bridgehead atoms. The van der Waals surface area contributed by atoms with Gasteiger partial charge in [0.2, 0.25) is 5.91 Å². The second-order valence-electron chi connectivity index (χ2n) is 4.71. The first-order valence-corrected chi connectivity index (χ1v) is 5.79. The van der Waals surface area contributed by atoms with E-state index in [1.54, 1.807) is 7.11 Å². The molecule has 0 aliphatic carbocycles. The molecule has 0 aromatic carbocycles. The molecule has 2 heterocycles. The topological polar surface area (TPSA) is 50.4 Å². The second-order valence-corrected chi connectivity index (χ2v) is 4.71. The number of fused-ring (bicyclic) bond motifs is 2. The molecule has 2 fully saturated rings. The van der Waals surface area contributed by atoms with E-state index < -0.39 is 0 Å². The maximum Gasteiger partial charge on any atom is 0.245 e. The minimum atomic E-state index is 0.00313. The molecule has 2 saturated heterocycles. The van der Waals surface area contributed by atoms with Gasteiger partial charge in [-0.1, -0.05) is 0 Å². The highest BCUT2D eigenvalue weighted by Crippen LogP contribution is 2.30. The van der Waals surface area contributed by atoms with Crippen molar-refractivity contribution >= 4 is 5.91 Å². The minimum absolute atomic E-state index is 0.00313. The fraction of sp³-hybridized carbons (Fsp3) is 0.909. The van der Waals surface area contributed by atoms with Crippen molar-refractivity contribution in [1.82, 2.24) is 10.6 Å². The zero-order valence-corrected chi connectivity index (χ0v) is 9.29. The summed E-state index contributed by atoms with van der Waals surface area (Å²) in [5.74, 6) is 0.660. The van der Waals surface area contributed by atoms with E-state index in [9.17, 15) is 4.79 Å². The lowest BCUT2D eigenvalue weighted by molar-refractivity contribution is -0.124. The molecule has 0 aromatic rings. The lowest BCUT2D eigenvalue weighted by Gasteiger charge is -2.29. The molecule has 0 aromatic heterocycles. The normalized spacial score (nSPS) is 34.1. The molecular formula is C11H20N2O2. The van der Waals surface area contributed by atoms with E-state index in [0.717, 1.165) is 6.54 Å². The van der Waals surface area contributed by atoms with Crippen LogP contribution in [0.1, 0.15) is 25.7 Å². The smallest absolute Gasteiger partial charge is 0.245 e. The maximum atomic E-state index is 11.2. The largest absolute Gasteiger partial charge is 0.375 e. The maximum absolute atomic E-state index is 11.2. The van der Waals surface area contributed by atoms with Gasteiger partial charge in [0.1, 0.15) is 6.61 Å². The van der Waals surface area contributed by atoms with E-state index in [0.29, 0.717) is 18.0 Å². The van der Waals surface area contributed by atoms with Gasteiger partial charge in [-0.15, -0.1) is 0 Å². The predicted molar refractivity (Wildman–Crippen MR) is 57.6 cm³/mol. The molecule has 1 amide bonds. The van der Waals surface area contributed by atoms with Crippen molar-refractivity contribution in [1.29, 1.82) is 0 Å². The van der Waals surface area contributed by atoms with E-state index in [4.69, 9.17) is 4.74 Å². The fourth-order valence-corrected chi connectivity index (χ4v) is 2.78. The molecule has 0 saturated carbocycles. The first-order valence-electron chi connectivity index (χ1n) is 5.79. The molecule has 2 aliphatic rings. The van der Waals surface area contributed by atoms with Crippen molar-refractivity contribution in [2.24, 2.45) is 5.92 Å². The molecule has 2 N–H and O–H groups in total. The number of ether oxygens (including phenoxy) is 1. The summed E-state index contributed by atoms with van der Waals surface area (Å²) >= 11 is 0. The van der Waals surface area contributed by atoms with Crippen LogP contribution < -0.4 is 10.6 Å². The van der Waals surface area contributed by atoms with Gasteiger partial charge in [-0.2, -0.15) is 0 Å². The van der Waals surface area contributed by atoms with Crippen molar-refractivity contribution in [3.8, 4) is 0 Å². The molecule has 2 aliphatic heterocycles. The molecule has 4 nitrogen and oxygen atoms in total. The SMILES string of the molecule is COCC(=O)NCC1CC2CCC(C1)N2. The van der Waals surface area contributed by atoms with Gasteiger partial charge in [0.05, 0.1) is 0 Å².